The molecule has 4 rings (SSSR count). The van der Waals surface area contributed by atoms with Gasteiger partial charge in [0, 0.05) is 5.41 Å². The summed E-state index contributed by atoms with van der Waals surface area (Å²) in [6, 6.07) is 0. The van der Waals surface area contributed by atoms with Crippen molar-refractivity contribution >= 4 is 0 Å². The second-order valence-electron chi connectivity index (χ2n) is 10.2. The standard InChI is InChI=1S/C26H36/c1-8-17(3)24-19(5)15-22-23-18(4)14-20-13-16(2)9-11-25(20,6)21(23)10-12-26(22,24)7/h9-11,13,18-19,22-24H,2-3,8,12,14-15H2,1,4-7H3/t18?,19-,22?,23?,24-,25-,26-/m0/s1. The number of fused-ring (bicyclic) bond motifs is 5. The Kier molecular flexibility index (Phi) is 4.07. The molecule has 0 aromatic rings. The van der Waals surface area contributed by atoms with Crippen LogP contribution in [0.4, 0.5) is 0 Å². The van der Waals surface area contributed by atoms with Gasteiger partial charge in [-0.25, -0.2) is 0 Å². The minimum absolute atomic E-state index is 0.128. The van der Waals surface area contributed by atoms with Crippen molar-refractivity contribution < 1.29 is 0 Å². The van der Waals surface area contributed by atoms with Gasteiger partial charge in [0.2, 0.25) is 0 Å². The van der Waals surface area contributed by atoms with Crippen LogP contribution < -0.4 is 0 Å². The molecular weight excluding hydrogens is 312 g/mol. The lowest BCUT2D eigenvalue weighted by Gasteiger charge is -2.55. The predicted octanol–water partition coefficient (Wildman–Crippen LogP) is 7.28. The third-order valence-corrected chi connectivity index (χ3v) is 8.61. The molecule has 26 heavy (non-hydrogen) atoms. The molecule has 140 valence electrons. The maximum absolute atomic E-state index is 4.50. The number of rotatable bonds is 2. The Morgan fingerprint density at radius 3 is 2.65 bits per heavy atom. The van der Waals surface area contributed by atoms with E-state index < -0.39 is 0 Å². The molecule has 0 aliphatic heterocycles. The molecule has 4 aliphatic rings. The van der Waals surface area contributed by atoms with Crippen LogP contribution in [0.5, 0.6) is 0 Å². The van der Waals surface area contributed by atoms with Gasteiger partial charge in [-0.1, -0.05) is 81.9 Å². The average molecular weight is 349 g/mol. The van der Waals surface area contributed by atoms with Crippen molar-refractivity contribution in [1.82, 2.24) is 0 Å². The van der Waals surface area contributed by atoms with Crippen LogP contribution in [0.1, 0.15) is 60.3 Å². The van der Waals surface area contributed by atoms with Crippen LogP contribution >= 0.6 is 0 Å². The minimum Gasteiger partial charge on any atom is -0.0996 e. The largest absolute Gasteiger partial charge is 0.0996 e. The molecule has 3 unspecified atom stereocenters. The van der Waals surface area contributed by atoms with E-state index in [0.29, 0.717) is 11.3 Å². The Labute approximate surface area is 160 Å². The molecule has 0 radical (unpaired) electrons. The van der Waals surface area contributed by atoms with Gasteiger partial charge in [-0.2, -0.15) is 0 Å². The second-order valence-corrected chi connectivity index (χ2v) is 10.2. The summed E-state index contributed by atoms with van der Waals surface area (Å²) in [7, 11) is 0. The third kappa shape index (κ3) is 2.26. The first-order chi connectivity index (χ1) is 12.2. The highest BCUT2D eigenvalue weighted by Crippen LogP contribution is 2.67. The van der Waals surface area contributed by atoms with Crippen LogP contribution in [-0.4, -0.2) is 0 Å². The van der Waals surface area contributed by atoms with E-state index in [0.717, 1.165) is 35.7 Å². The van der Waals surface area contributed by atoms with Crippen molar-refractivity contribution in [2.45, 2.75) is 60.3 Å². The lowest BCUT2D eigenvalue weighted by atomic mass is 9.49. The molecule has 2 fully saturated rings. The zero-order chi connectivity index (χ0) is 18.9. The molecule has 2 saturated carbocycles. The highest BCUT2D eigenvalue weighted by Gasteiger charge is 2.59. The van der Waals surface area contributed by atoms with E-state index in [9.17, 15) is 0 Å². The molecule has 4 aliphatic carbocycles. The summed E-state index contributed by atoms with van der Waals surface area (Å²) in [5, 5.41) is 0. The van der Waals surface area contributed by atoms with E-state index in [4.69, 9.17) is 0 Å². The molecule has 0 bridgehead atoms. The Morgan fingerprint density at radius 1 is 1.23 bits per heavy atom. The lowest BCUT2D eigenvalue weighted by Crippen LogP contribution is -2.46. The molecule has 0 spiro atoms. The van der Waals surface area contributed by atoms with E-state index >= 15 is 0 Å². The number of allylic oxidation sites excluding steroid dienone is 8. The predicted molar refractivity (Wildman–Crippen MR) is 113 cm³/mol. The molecule has 0 N–H and O–H groups in total. The van der Waals surface area contributed by atoms with Gasteiger partial charge in [0.15, 0.2) is 0 Å². The van der Waals surface area contributed by atoms with Crippen LogP contribution in [0.2, 0.25) is 0 Å². The quantitative estimate of drug-likeness (QED) is 0.460. The smallest absolute Gasteiger partial charge is 0.0281 e. The lowest BCUT2D eigenvalue weighted by molar-refractivity contribution is 0.0763. The van der Waals surface area contributed by atoms with Gasteiger partial charge >= 0.3 is 0 Å². The molecule has 0 nitrogen and oxygen atoms in total. The van der Waals surface area contributed by atoms with Crippen molar-refractivity contribution in [3.63, 3.8) is 0 Å². The Morgan fingerprint density at radius 2 is 1.96 bits per heavy atom. The zero-order valence-corrected chi connectivity index (χ0v) is 17.4. The van der Waals surface area contributed by atoms with Crippen LogP contribution in [0.25, 0.3) is 0 Å². The zero-order valence-electron chi connectivity index (χ0n) is 17.4. The molecule has 0 heterocycles. The van der Waals surface area contributed by atoms with Gasteiger partial charge in [0.1, 0.15) is 0 Å². The summed E-state index contributed by atoms with van der Waals surface area (Å²) in [5.74, 6) is 3.71. The molecule has 0 aromatic carbocycles. The van der Waals surface area contributed by atoms with Crippen molar-refractivity contribution in [1.29, 1.82) is 0 Å². The summed E-state index contributed by atoms with van der Waals surface area (Å²) in [6.45, 7) is 21.0. The molecule has 0 heteroatoms. The first-order valence-corrected chi connectivity index (χ1v) is 10.7. The second kappa shape index (κ2) is 5.85. The van der Waals surface area contributed by atoms with Crippen LogP contribution in [0.3, 0.4) is 0 Å². The van der Waals surface area contributed by atoms with E-state index in [1.807, 2.05) is 0 Å². The van der Waals surface area contributed by atoms with Gasteiger partial charge < -0.3 is 0 Å². The number of hydrogen-bond acceptors (Lipinski definition) is 0. The van der Waals surface area contributed by atoms with Crippen molar-refractivity contribution in [2.24, 2.45) is 40.4 Å². The van der Waals surface area contributed by atoms with Crippen molar-refractivity contribution in [3.8, 4) is 0 Å². The van der Waals surface area contributed by atoms with Crippen molar-refractivity contribution in [2.75, 3.05) is 0 Å². The average Bonchev–Trinajstić information content (AvgIpc) is 2.86. The van der Waals surface area contributed by atoms with E-state index in [1.165, 1.54) is 24.8 Å². The van der Waals surface area contributed by atoms with Gasteiger partial charge in [-0.3, -0.25) is 0 Å². The topological polar surface area (TPSA) is 0 Å². The summed E-state index contributed by atoms with van der Waals surface area (Å²) < 4.78 is 0. The maximum Gasteiger partial charge on any atom is 0.0281 e. The Balaban J connectivity index is 1.80. The summed E-state index contributed by atoms with van der Waals surface area (Å²) in [6.07, 6.45) is 14.6. The SMILES string of the molecule is C=C1C=C[C@@]2(C)C(=C1)CC(C)C1C2=CC[C@@]2(C)C1C[C@H](C)[C@@H]2C(=C)CC. The van der Waals surface area contributed by atoms with Crippen LogP contribution in [0, 0.1) is 40.4 Å². The van der Waals surface area contributed by atoms with Crippen LogP contribution in [0.15, 0.2) is 59.8 Å². The highest BCUT2D eigenvalue weighted by atomic mass is 14.6. The van der Waals surface area contributed by atoms with Gasteiger partial charge in [-0.15, -0.1) is 0 Å². The fourth-order valence-corrected chi connectivity index (χ4v) is 7.38. The summed E-state index contributed by atoms with van der Waals surface area (Å²) in [5.41, 5.74) is 6.48. The fraction of sp³-hybridized carbons (Fsp3) is 0.615. The van der Waals surface area contributed by atoms with Gasteiger partial charge in [-0.05, 0) is 73.2 Å². The van der Waals surface area contributed by atoms with E-state index in [-0.39, 0.29) is 5.41 Å². The van der Waals surface area contributed by atoms with Gasteiger partial charge in [0.05, 0.1) is 0 Å². The molecule has 0 amide bonds. The molecule has 0 aromatic heterocycles. The third-order valence-electron chi connectivity index (χ3n) is 8.61. The Hall–Kier alpha value is -1.30. The fourth-order valence-electron chi connectivity index (χ4n) is 7.38. The normalized spacial score (nSPS) is 46.8. The van der Waals surface area contributed by atoms with E-state index in [2.05, 4.69) is 72.1 Å². The number of hydrogen-bond donors (Lipinski definition) is 0. The maximum atomic E-state index is 4.50. The molecular formula is C26H36. The molecule has 0 saturated heterocycles. The monoisotopic (exact) mass is 348 g/mol. The first-order valence-electron chi connectivity index (χ1n) is 10.7. The Bertz CT molecular complexity index is 744. The first kappa shape index (κ1) is 18.1. The van der Waals surface area contributed by atoms with Crippen LogP contribution in [-0.2, 0) is 0 Å². The molecule has 7 atom stereocenters. The summed E-state index contributed by atoms with van der Waals surface area (Å²) >= 11 is 0. The van der Waals surface area contributed by atoms with E-state index in [1.54, 1.807) is 11.1 Å². The minimum atomic E-state index is 0.128. The van der Waals surface area contributed by atoms with Crippen molar-refractivity contribution in [3.05, 3.63) is 59.8 Å². The summed E-state index contributed by atoms with van der Waals surface area (Å²) in [4.78, 5) is 0. The highest BCUT2D eigenvalue weighted by molar-refractivity contribution is 5.50. The van der Waals surface area contributed by atoms with Gasteiger partial charge in [0.25, 0.3) is 0 Å².